The highest BCUT2D eigenvalue weighted by Crippen LogP contribution is 2.22. The normalized spacial score (nSPS) is 10.7. The molecule has 1 aromatic heterocycles. The van der Waals surface area contributed by atoms with Gasteiger partial charge in [0.05, 0.1) is 17.6 Å². The number of hydrogen-bond acceptors (Lipinski definition) is 4. The van der Waals surface area contributed by atoms with E-state index in [2.05, 4.69) is 57.5 Å². The second-order valence-corrected chi connectivity index (χ2v) is 8.71. The number of ether oxygens (including phenoxy) is 2. The Morgan fingerprint density at radius 1 is 0.971 bits per heavy atom. The van der Waals surface area contributed by atoms with Crippen LogP contribution in [0.3, 0.4) is 0 Å². The van der Waals surface area contributed by atoms with E-state index in [1.165, 1.54) is 5.56 Å². The summed E-state index contributed by atoms with van der Waals surface area (Å²) in [6.07, 6.45) is 1.86. The molecule has 34 heavy (non-hydrogen) atoms. The van der Waals surface area contributed by atoms with Crippen molar-refractivity contribution in [3.63, 3.8) is 0 Å². The zero-order valence-corrected chi connectivity index (χ0v) is 20.7. The Hall–Kier alpha value is -3.58. The number of aromatic nitrogens is 2. The van der Waals surface area contributed by atoms with Crippen LogP contribution in [0.5, 0.6) is 11.5 Å². The van der Waals surface area contributed by atoms with Crippen molar-refractivity contribution in [3.8, 4) is 11.5 Å². The van der Waals surface area contributed by atoms with Crippen molar-refractivity contribution >= 4 is 27.7 Å². The predicted molar refractivity (Wildman–Crippen MR) is 137 cm³/mol. The summed E-state index contributed by atoms with van der Waals surface area (Å²) in [6, 6.07) is 23.1. The average Bonchev–Trinajstić information content (AvgIpc) is 3.18. The SMILES string of the molecule is CCOc1ccc(OCc2cccc(C(=O)Nc3nn(Cc4ccc(C)cc4)cc3Br)c2)cc1. The highest BCUT2D eigenvalue weighted by molar-refractivity contribution is 9.10. The first-order chi connectivity index (χ1) is 16.5. The summed E-state index contributed by atoms with van der Waals surface area (Å²) >= 11 is 3.50. The summed E-state index contributed by atoms with van der Waals surface area (Å²) < 4.78 is 13.8. The van der Waals surface area contributed by atoms with Crippen LogP contribution in [0, 0.1) is 6.92 Å². The standard InChI is InChI=1S/C27H26BrN3O3/c1-3-33-23-11-13-24(14-12-23)34-18-21-5-4-6-22(15-21)27(32)29-26-25(28)17-31(30-26)16-20-9-7-19(2)8-10-20/h4-15,17H,3,16,18H2,1-2H3,(H,29,30,32). The van der Waals surface area contributed by atoms with Crippen molar-refractivity contribution in [1.29, 1.82) is 0 Å². The van der Waals surface area contributed by atoms with Crippen LogP contribution in [-0.2, 0) is 13.2 Å². The van der Waals surface area contributed by atoms with E-state index in [1.807, 2.05) is 55.6 Å². The van der Waals surface area contributed by atoms with E-state index in [4.69, 9.17) is 9.47 Å². The van der Waals surface area contributed by atoms with Gasteiger partial charge in [-0.1, -0.05) is 42.0 Å². The van der Waals surface area contributed by atoms with Crippen molar-refractivity contribution in [1.82, 2.24) is 9.78 Å². The Kier molecular flexibility index (Phi) is 7.65. The molecule has 4 aromatic rings. The quantitative estimate of drug-likeness (QED) is 0.284. The predicted octanol–water partition coefficient (Wildman–Crippen LogP) is 6.23. The van der Waals surface area contributed by atoms with Crippen molar-refractivity contribution in [2.75, 3.05) is 11.9 Å². The summed E-state index contributed by atoms with van der Waals surface area (Å²) in [6.45, 7) is 5.60. The largest absolute Gasteiger partial charge is 0.494 e. The summed E-state index contributed by atoms with van der Waals surface area (Å²) in [4.78, 5) is 12.9. The zero-order valence-electron chi connectivity index (χ0n) is 19.1. The van der Waals surface area contributed by atoms with Gasteiger partial charge in [-0.25, -0.2) is 0 Å². The molecule has 0 fully saturated rings. The van der Waals surface area contributed by atoms with Crippen molar-refractivity contribution in [2.24, 2.45) is 0 Å². The first-order valence-electron chi connectivity index (χ1n) is 11.0. The maximum atomic E-state index is 12.9. The van der Waals surface area contributed by atoms with Gasteiger partial charge in [-0.2, -0.15) is 5.10 Å². The Balaban J connectivity index is 1.37. The molecule has 1 amide bonds. The van der Waals surface area contributed by atoms with Gasteiger partial charge in [0.15, 0.2) is 5.82 Å². The third-order valence-electron chi connectivity index (χ3n) is 5.14. The molecule has 0 saturated carbocycles. The van der Waals surface area contributed by atoms with Gasteiger partial charge in [0.2, 0.25) is 0 Å². The first-order valence-corrected chi connectivity index (χ1v) is 11.8. The fraction of sp³-hybridized carbons (Fsp3) is 0.185. The molecule has 0 atom stereocenters. The minimum atomic E-state index is -0.232. The van der Waals surface area contributed by atoms with Gasteiger partial charge in [-0.15, -0.1) is 0 Å². The van der Waals surface area contributed by atoms with E-state index in [0.717, 1.165) is 27.1 Å². The molecule has 6 nitrogen and oxygen atoms in total. The Morgan fingerprint density at radius 3 is 2.38 bits per heavy atom. The van der Waals surface area contributed by atoms with Crippen LogP contribution in [0.2, 0.25) is 0 Å². The number of aryl methyl sites for hydroxylation is 1. The van der Waals surface area contributed by atoms with Crippen molar-refractivity contribution in [3.05, 3.63) is 106 Å². The Morgan fingerprint density at radius 2 is 1.68 bits per heavy atom. The molecular formula is C27H26BrN3O3. The molecule has 174 valence electrons. The maximum Gasteiger partial charge on any atom is 0.256 e. The number of nitrogens with zero attached hydrogens (tertiary/aromatic N) is 2. The number of benzene rings is 3. The van der Waals surface area contributed by atoms with Gasteiger partial charge in [-0.3, -0.25) is 9.48 Å². The highest BCUT2D eigenvalue weighted by atomic mass is 79.9. The monoisotopic (exact) mass is 519 g/mol. The summed E-state index contributed by atoms with van der Waals surface area (Å²) in [5, 5.41) is 7.40. The van der Waals surface area contributed by atoms with Crippen LogP contribution >= 0.6 is 15.9 Å². The number of halogens is 1. The Labute approximate surface area is 207 Å². The first kappa shape index (κ1) is 23.6. The lowest BCUT2D eigenvalue weighted by Crippen LogP contribution is -2.13. The van der Waals surface area contributed by atoms with E-state index in [-0.39, 0.29) is 5.91 Å². The average molecular weight is 520 g/mol. The van der Waals surface area contributed by atoms with Gasteiger partial charge in [0.1, 0.15) is 18.1 Å². The van der Waals surface area contributed by atoms with Crippen LogP contribution in [0.25, 0.3) is 0 Å². The Bertz CT molecular complexity index is 1250. The third kappa shape index (κ3) is 6.26. The number of carbonyl (C=O) groups excluding carboxylic acids is 1. The van der Waals surface area contributed by atoms with Gasteiger partial charge in [-0.05, 0) is 77.3 Å². The fourth-order valence-electron chi connectivity index (χ4n) is 3.39. The number of anilines is 1. The number of carbonyl (C=O) groups is 1. The molecule has 7 heteroatoms. The number of hydrogen-bond donors (Lipinski definition) is 1. The fourth-order valence-corrected chi connectivity index (χ4v) is 3.81. The molecule has 0 bridgehead atoms. The summed E-state index contributed by atoms with van der Waals surface area (Å²) in [5.74, 6) is 1.79. The zero-order chi connectivity index (χ0) is 23.9. The van der Waals surface area contributed by atoms with Gasteiger partial charge in [0.25, 0.3) is 5.91 Å². The lowest BCUT2D eigenvalue weighted by atomic mass is 10.1. The lowest BCUT2D eigenvalue weighted by molar-refractivity contribution is 0.102. The maximum absolute atomic E-state index is 12.9. The van der Waals surface area contributed by atoms with Crippen molar-refractivity contribution in [2.45, 2.75) is 27.0 Å². The molecule has 1 N–H and O–H groups in total. The molecule has 0 spiro atoms. The van der Waals surface area contributed by atoms with Crippen LogP contribution in [0.15, 0.2) is 83.5 Å². The molecule has 0 radical (unpaired) electrons. The molecule has 0 saturated heterocycles. The van der Waals surface area contributed by atoms with Crippen LogP contribution in [-0.4, -0.2) is 22.3 Å². The minimum Gasteiger partial charge on any atom is -0.494 e. The molecule has 1 heterocycles. The molecule has 0 aliphatic heterocycles. The molecule has 3 aromatic carbocycles. The molecule has 0 unspecified atom stereocenters. The number of amides is 1. The summed E-state index contributed by atoms with van der Waals surface area (Å²) in [5.41, 5.74) is 3.78. The second-order valence-electron chi connectivity index (χ2n) is 7.86. The molecular weight excluding hydrogens is 494 g/mol. The topological polar surface area (TPSA) is 65.4 Å². The van der Waals surface area contributed by atoms with Crippen LogP contribution < -0.4 is 14.8 Å². The molecule has 0 aliphatic carbocycles. The smallest absolute Gasteiger partial charge is 0.256 e. The molecule has 0 aliphatic rings. The van der Waals surface area contributed by atoms with E-state index in [0.29, 0.717) is 31.1 Å². The van der Waals surface area contributed by atoms with Crippen LogP contribution in [0.1, 0.15) is 34.0 Å². The number of rotatable bonds is 9. The van der Waals surface area contributed by atoms with Crippen LogP contribution in [0.4, 0.5) is 5.82 Å². The van der Waals surface area contributed by atoms with Crippen molar-refractivity contribution < 1.29 is 14.3 Å². The molecule has 4 rings (SSSR count). The lowest BCUT2D eigenvalue weighted by Gasteiger charge is -2.09. The van der Waals surface area contributed by atoms with E-state index >= 15 is 0 Å². The van der Waals surface area contributed by atoms with E-state index in [9.17, 15) is 4.79 Å². The minimum absolute atomic E-state index is 0.232. The van der Waals surface area contributed by atoms with Gasteiger partial charge >= 0.3 is 0 Å². The highest BCUT2D eigenvalue weighted by Gasteiger charge is 2.13. The van der Waals surface area contributed by atoms with Gasteiger partial charge < -0.3 is 14.8 Å². The summed E-state index contributed by atoms with van der Waals surface area (Å²) in [7, 11) is 0. The van der Waals surface area contributed by atoms with E-state index < -0.39 is 0 Å². The van der Waals surface area contributed by atoms with E-state index in [1.54, 1.807) is 10.7 Å². The van der Waals surface area contributed by atoms with Gasteiger partial charge in [0, 0.05) is 11.8 Å². The number of nitrogens with one attached hydrogen (secondary N) is 1. The second kappa shape index (κ2) is 11.0. The third-order valence-corrected chi connectivity index (χ3v) is 5.72.